The molecule has 6 nitrogen and oxygen atoms in total. The van der Waals surface area contributed by atoms with E-state index in [9.17, 15) is 19.5 Å². The number of likely N-dealkylation sites (tertiary alicyclic amines) is 1. The Balaban J connectivity index is 3.39. The zero-order chi connectivity index (χ0) is 14.1. The lowest BCUT2D eigenvalue weighted by atomic mass is 9.72. The second-order valence-corrected chi connectivity index (χ2v) is 5.04. The maximum absolute atomic E-state index is 12.1. The van der Waals surface area contributed by atoms with Crippen LogP contribution in [-0.2, 0) is 19.1 Å². The molecule has 0 aromatic carbocycles. The first kappa shape index (κ1) is 14.5. The minimum absolute atomic E-state index is 0.0791. The molecule has 0 radical (unpaired) electrons. The number of esters is 1. The Morgan fingerprint density at radius 2 is 1.89 bits per heavy atom. The Morgan fingerprint density at radius 1 is 1.33 bits per heavy atom. The number of rotatable bonds is 3. The fourth-order valence-corrected chi connectivity index (χ4v) is 2.61. The van der Waals surface area contributed by atoms with Gasteiger partial charge in [-0.2, -0.15) is 0 Å². The highest BCUT2D eigenvalue weighted by molar-refractivity contribution is 6.08. The molecular weight excluding hydrogens is 238 g/mol. The molecule has 1 unspecified atom stereocenters. The number of carbonyl (C=O) groups is 3. The van der Waals surface area contributed by atoms with Crippen LogP contribution in [0.1, 0.15) is 34.1 Å². The van der Waals surface area contributed by atoms with Crippen molar-refractivity contribution in [2.75, 3.05) is 13.2 Å². The van der Waals surface area contributed by atoms with Gasteiger partial charge in [0, 0.05) is 18.9 Å². The Labute approximate surface area is 106 Å². The van der Waals surface area contributed by atoms with Crippen LogP contribution in [0.4, 0.5) is 0 Å². The summed E-state index contributed by atoms with van der Waals surface area (Å²) in [7, 11) is 0. The monoisotopic (exact) mass is 257 g/mol. The molecule has 0 aliphatic carbocycles. The summed E-state index contributed by atoms with van der Waals surface area (Å²) in [4.78, 5) is 36.5. The van der Waals surface area contributed by atoms with Gasteiger partial charge in [-0.1, -0.05) is 13.8 Å². The third-order valence-corrected chi connectivity index (χ3v) is 3.61. The van der Waals surface area contributed by atoms with E-state index in [1.54, 1.807) is 20.8 Å². The summed E-state index contributed by atoms with van der Waals surface area (Å²) in [5.74, 6) is -2.63. The summed E-state index contributed by atoms with van der Waals surface area (Å²) in [6.07, 6.45) is 0.442. The van der Waals surface area contributed by atoms with E-state index < -0.39 is 28.8 Å². The van der Waals surface area contributed by atoms with E-state index in [2.05, 4.69) is 0 Å². The lowest BCUT2D eigenvalue weighted by Crippen LogP contribution is -2.65. The largest absolute Gasteiger partial charge is 0.479 e. The molecule has 6 heteroatoms. The Morgan fingerprint density at radius 3 is 2.28 bits per heavy atom. The number of hydrogen-bond donors (Lipinski definition) is 1. The average Bonchev–Trinajstić information content (AvgIpc) is 2.50. The van der Waals surface area contributed by atoms with Gasteiger partial charge in [0.2, 0.25) is 11.4 Å². The zero-order valence-corrected chi connectivity index (χ0v) is 11.1. The van der Waals surface area contributed by atoms with Gasteiger partial charge in [0.25, 0.3) is 0 Å². The van der Waals surface area contributed by atoms with Crippen molar-refractivity contribution in [1.82, 2.24) is 4.90 Å². The molecule has 1 heterocycles. The van der Waals surface area contributed by atoms with Gasteiger partial charge >= 0.3 is 11.9 Å². The van der Waals surface area contributed by atoms with Crippen LogP contribution < -0.4 is 0 Å². The van der Waals surface area contributed by atoms with E-state index in [-0.39, 0.29) is 13.2 Å². The molecule has 0 aromatic rings. The molecule has 0 spiro atoms. The maximum Gasteiger partial charge on any atom is 0.344 e. The van der Waals surface area contributed by atoms with Crippen molar-refractivity contribution in [3.8, 4) is 0 Å². The molecule has 0 bridgehead atoms. The maximum atomic E-state index is 12.1. The third-order valence-electron chi connectivity index (χ3n) is 3.61. The molecule has 1 rings (SSSR count). The van der Waals surface area contributed by atoms with Gasteiger partial charge in [0.15, 0.2) is 0 Å². The van der Waals surface area contributed by atoms with Crippen LogP contribution >= 0.6 is 0 Å². The number of carbonyl (C=O) groups excluding carboxylic acids is 2. The first-order valence-corrected chi connectivity index (χ1v) is 5.90. The summed E-state index contributed by atoms with van der Waals surface area (Å²) in [6, 6.07) is 0. The van der Waals surface area contributed by atoms with Crippen molar-refractivity contribution in [2.24, 2.45) is 5.41 Å². The minimum Gasteiger partial charge on any atom is -0.479 e. The highest BCUT2D eigenvalue weighted by atomic mass is 16.5. The fourth-order valence-electron chi connectivity index (χ4n) is 2.61. The van der Waals surface area contributed by atoms with Gasteiger partial charge in [-0.25, -0.2) is 9.59 Å². The number of ether oxygens (including phenoxy) is 1. The average molecular weight is 257 g/mol. The number of nitrogens with zero attached hydrogens (tertiary/aromatic N) is 1. The summed E-state index contributed by atoms with van der Waals surface area (Å²) < 4.78 is 4.89. The van der Waals surface area contributed by atoms with Crippen molar-refractivity contribution < 1.29 is 24.2 Å². The first-order valence-electron chi connectivity index (χ1n) is 5.90. The first-order chi connectivity index (χ1) is 8.21. The van der Waals surface area contributed by atoms with Crippen molar-refractivity contribution in [2.45, 2.75) is 39.7 Å². The Bertz CT molecular complexity index is 390. The molecule has 1 saturated heterocycles. The topological polar surface area (TPSA) is 83.9 Å². The zero-order valence-electron chi connectivity index (χ0n) is 11.1. The summed E-state index contributed by atoms with van der Waals surface area (Å²) in [5.41, 5.74) is -2.79. The van der Waals surface area contributed by atoms with Crippen LogP contribution in [0.15, 0.2) is 0 Å². The van der Waals surface area contributed by atoms with E-state index >= 15 is 0 Å². The van der Waals surface area contributed by atoms with Gasteiger partial charge in [0.05, 0.1) is 6.61 Å². The van der Waals surface area contributed by atoms with Crippen LogP contribution in [-0.4, -0.2) is 46.5 Å². The SMILES string of the molecule is CCOC(=O)C1(C(=O)O)N(C(C)=O)CCC1(C)C. The molecule has 0 aromatic heterocycles. The lowest BCUT2D eigenvalue weighted by Gasteiger charge is -2.39. The van der Waals surface area contributed by atoms with Gasteiger partial charge < -0.3 is 14.7 Å². The van der Waals surface area contributed by atoms with E-state index in [0.29, 0.717) is 6.42 Å². The Hall–Kier alpha value is -1.59. The number of carboxylic acids is 1. The molecular formula is C12H19NO5. The molecule has 1 atom stereocenters. The van der Waals surface area contributed by atoms with Crippen LogP contribution in [0.2, 0.25) is 0 Å². The fraction of sp³-hybridized carbons (Fsp3) is 0.750. The van der Waals surface area contributed by atoms with Crippen LogP contribution in [0, 0.1) is 5.41 Å². The normalized spacial score (nSPS) is 25.9. The highest BCUT2D eigenvalue weighted by Crippen LogP contribution is 2.46. The quantitative estimate of drug-likeness (QED) is 0.593. The van der Waals surface area contributed by atoms with E-state index in [1.165, 1.54) is 6.92 Å². The van der Waals surface area contributed by atoms with Crippen molar-refractivity contribution >= 4 is 17.8 Å². The highest BCUT2D eigenvalue weighted by Gasteiger charge is 2.67. The third kappa shape index (κ3) is 1.76. The van der Waals surface area contributed by atoms with Crippen molar-refractivity contribution in [1.29, 1.82) is 0 Å². The molecule has 18 heavy (non-hydrogen) atoms. The summed E-state index contributed by atoms with van der Waals surface area (Å²) >= 11 is 0. The molecule has 1 fully saturated rings. The second kappa shape index (κ2) is 4.59. The minimum atomic E-state index is -1.92. The van der Waals surface area contributed by atoms with Crippen LogP contribution in [0.5, 0.6) is 0 Å². The molecule has 1 amide bonds. The van der Waals surface area contributed by atoms with E-state index in [4.69, 9.17) is 4.74 Å². The van der Waals surface area contributed by atoms with Crippen LogP contribution in [0.3, 0.4) is 0 Å². The van der Waals surface area contributed by atoms with Gasteiger partial charge in [0.1, 0.15) is 0 Å². The molecule has 0 saturated carbocycles. The number of aliphatic carboxylic acids is 1. The van der Waals surface area contributed by atoms with Gasteiger partial charge in [-0.05, 0) is 13.3 Å². The predicted octanol–water partition coefficient (Wildman–Crippen LogP) is 0.651. The smallest absolute Gasteiger partial charge is 0.344 e. The Kier molecular flexibility index (Phi) is 3.69. The van der Waals surface area contributed by atoms with Gasteiger partial charge in [-0.15, -0.1) is 0 Å². The second-order valence-electron chi connectivity index (χ2n) is 5.04. The number of carboxylic acid groups (broad SMARTS) is 1. The molecule has 1 N–H and O–H groups in total. The van der Waals surface area contributed by atoms with Crippen molar-refractivity contribution in [3.63, 3.8) is 0 Å². The lowest BCUT2D eigenvalue weighted by molar-refractivity contribution is -0.179. The van der Waals surface area contributed by atoms with Crippen molar-refractivity contribution in [3.05, 3.63) is 0 Å². The van der Waals surface area contributed by atoms with E-state index in [0.717, 1.165) is 4.90 Å². The summed E-state index contributed by atoms with van der Waals surface area (Å²) in [6.45, 7) is 6.52. The summed E-state index contributed by atoms with van der Waals surface area (Å²) in [5, 5.41) is 9.52. The molecule has 102 valence electrons. The predicted molar refractivity (Wildman–Crippen MR) is 62.8 cm³/mol. The molecule has 1 aliphatic rings. The standard InChI is InChI=1S/C12H19NO5/c1-5-18-10(17)12(9(15)16)11(3,4)6-7-13(12)8(2)14/h5-7H2,1-4H3,(H,15,16). The molecule has 1 aliphatic heterocycles. The number of amides is 1. The van der Waals surface area contributed by atoms with E-state index in [1.807, 2.05) is 0 Å². The van der Waals surface area contributed by atoms with Gasteiger partial charge in [-0.3, -0.25) is 4.79 Å². The number of hydrogen-bond acceptors (Lipinski definition) is 4. The van der Waals surface area contributed by atoms with Crippen LogP contribution in [0.25, 0.3) is 0 Å².